The van der Waals surface area contributed by atoms with E-state index in [4.69, 9.17) is 9.15 Å². The van der Waals surface area contributed by atoms with Crippen LogP contribution in [-0.2, 0) is 9.53 Å². The summed E-state index contributed by atoms with van der Waals surface area (Å²) in [5.74, 6) is -1.13. The molecular weight excluding hydrogens is 525 g/mol. The van der Waals surface area contributed by atoms with Gasteiger partial charge >= 0.3 is 5.97 Å². The lowest BCUT2D eigenvalue weighted by atomic mass is 9.96. The van der Waals surface area contributed by atoms with Crippen molar-refractivity contribution in [3.63, 3.8) is 0 Å². The number of esters is 1. The predicted octanol–water partition coefficient (Wildman–Crippen LogP) is 6.16. The molecule has 0 fully saturated rings. The summed E-state index contributed by atoms with van der Waals surface area (Å²) in [5, 5.41) is 9.51. The van der Waals surface area contributed by atoms with Crippen LogP contribution in [0.5, 0.6) is 0 Å². The number of hydrogen-bond donors (Lipinski definition) is 3. The monoisotopic (exact) mass is 559 g/mol. The van der Waals surface area contributed by atoms with Crippen LogP contribution in [0.1, 0.15) is 54.8 Å². The van der Waals surface area contributed by atoms with Crippen LogP contribution in [-0.4, -0.2) is 43.5 Å². The largest absolute Gasteiger partial charge is 0.466 e. The molecule has 41 heavy (non-hydrogen) atoms. The number of carbonyl (C=O) groups excluding carboxylic acids is 3. The molecule has 1 aromatic heterocycles. The number of rotatable bonds is 10. The lowest BCUT2D eigenvalue weighted by Gasteiger charge is -2.25. The Hall–Kier alpha value is -4.66. The van der Waals surface area contributed by atoms with Gasteiger partial charge in [0.1, 0.15) is 17.2 Å². The topological polar surface area (TPSA) is 110 Å². The van der Waals surface area contributed by atoms with Crippen LogP contribution in [0.15, 0.2) is 65.1 Å². The Morgan fingerprint density at radius 2 is 1.68 bits per heavy atom. The van der Waals surface area contributed by atoms with Crippen LogP contribution >= 0.6 is 0 Å². The summed E-state index contributed by atoms with van der Waals surface area (Å²) >= 11 is 0. The zero-order valence-electron chi connectivity index (χ0n) is 23.8. The van der Waals surface area contributed by atoms with Gasteiger partial charge in [0.25, 0.3) is 11.8 Å². The van der Waals surface area contributed by atoms with Gasteiger partial charge in [-0.2, -0.15) is 0 Å². The number of anilines is 1. The minimum atomic E-state index is -0.816. The first kappa shape index (κ1) is 29.3. The Kier molecular flexibility index (Phi) is 8.76. The van der Waals surface area contributed by atoms with Crippen molar-refractivity contribution < 1.29 is 27.9 Å². The Morgan fingerprint density at radius 1 is 0.951 bits per heavy atom. The van der Waals surface area contributed by atoms with E-state index in [2.05, 4.69) is 16.0 Å². The molecule has 0 atom stereocenters. The molecule has 0 spiro atoms. The van der Waals surface area contributed by atoms with Crippen LogP contribution in [0.2, 0.25) is 0 Å². The summed E-state index contributed by atoms with van der Waals surface area (Å²) in [7, 11) is 1.54. The molecule has 3 aromatic carbocycles. The molecule has 9 heteroatoms. The molecule has 4 rings (SSSR count). The third kappa shape index (κ3) is 6.57. The molecule has 0 aliphatic rings. The Bertz CT molecular complexity index is 1590. The second-order valence-electron chi connectivity index (χ2n) is 10.2. The van der Waals surface area contributed by atoms with Crippen molar-refractivity contribution in [3.05, 3.63) is 77.6 Å². The summed E-state index contributed by atoms with van der Waals surface area (Å²) < 4.78 is 24.8. The van der Waals surface area contributed by atoms with Gasteiger partial charge in [-0.25, -0.2) is 4.39 Å². The van der Waals surface area contributed by atoms with Crippen LogP contribution in [0.3, 0.4) is 0 Å². The molecule has 4 aromatic rings. The highest BCUT2D eigenvalue weighted by atomic mass is 19.1. The number of fused-ring (bicyclic) bond motifs is 1. The van der Waals surface area contributed by atoms with E-state index in [0.717, 1.165) is 16.8 Å². The molecule has 8 nitrogen and oxygen atoms in total. The molecule has 0 saturated heterocycles. The lowest BCUT2D eigenvalue weighted by molar-refractivity contribution is -0.144. The van der Waals surface area contributed by atoms with Crippen LogP contribution < -0.4 is 16.0 Å². The lowest BCUT2D eigenvalue weighted by Crippen LogP contribution is -2.45. The standard InChI is InChI=1S/C32H34FN3O5/c1-6-35-25-17-26-24(28(31(39)34-5)29(41-26)19-11-13-22(33)14-12-19)16-23(25)20-9-8-10-21(15-20)30(38)36-32(3,4)18-27(37)40-7-2/h8-17,35H,6-7,18H2,1-5H3,(H,34,39)(H,36,38). The van der Waals surface area contributed by atoms with Crippen LogP contribution in [0.25, 0.3) is 33.4 Å². The third-order valence-electron chi connectivity index (χ3n) is 6.54. The Balaban J connectivity index is 1.79. The van der Waals surface area contributed by atoms with E-state index in [1.165, 1.54) is 19.2 Å². The third-order valence-corrected chi connectivity index (χ3v) is 6.54. The van der Waals surface area contributed by atoms with E-state index in [1.807, 2.05) is 25.1 Å². The average Bonchev–Trinajstić information content (AvgIpc) is 3.30. The minimum absolute atomic E-state index is 0.0344. The summed E-state index contributed by atoms with van der Waals surface area (Å²) in [6.07, 6.45) is 0.0344. The van der Waals surface area contributed by atoms with Gasteiger partial charge in [-0.1, -0.05) is 12.1 Å². The number of carbonyl (C=O) groups is 3. The second-order valence-corrected chi connectivity index (χ2v) is 10.2. The first-order chi connectivity index (χ1) is 19.6. The Labute approximate surface area is 238 Å². The van der Waals surface area contributed by atoms with E-state index in [1.54, 1.807) is 51.1 Å². The predicted molar refractivity (Wildman–Crippen MR) is 157 cm³/mol. The van der Waals surface area contributed by atoms with Gasteiger partial charge in [-0.3, -0.25) is 14.4 Å². The smallest absolute Gasteiger partial charge is 0.308 e. The van der Waals surface area contributed by atoms with Crippen molar-refractivity contribution in [1.82, 2.24) is 10.6 Å². The van der Waals surface area contributed by atoms with Gasteiger partial charge in [0, 0.05) is 53.0 Å². The summed E-state index contributed by atoms with van der Waals surface area (Å²) in [4.78, 5) is 38.2. The average molecular weight is 560 g/mol. The number of amides is 2. The minimum Gasteiger partial charge on any atom is -0.466 e. The summed E-state index contributed by atoms with van der Waals surface area (Å²) in [5.41, 5.74) is 3.23. The molecule has 2 amide bonds. The van der Waals surface area contributed by atoms with Crippen molar-refractivity contribution >= 4 is 34.4 Å². The number of hydrogen-bond acceptors (Lipinski definition) is 6. The molecule has 0 aliphatic carbocycles. The number of benzene rings is 3. The van der Waals surface area contributed by atoms with Crippen LogP contribution in [0.4, 0.5) is 10.1 Å². The van der Waals surface area contributed by atoms with Gasteiger partial charge in [-0.15, -0.1) is 0 Å². The van der Waals surface area contributed by atoms with E-state index in [-0.39, 0.29) is 30.8 Å². The van der Waals surface area contributed by atoms with Crippen molar-refractivity contribution in [3.8, 4) is 22.5 Å². The fraction of sp³-hybridized carbons (Fsp3) is 0.281. The van der Waals surface area contributed by atoms with Crippen molar-refractivity contribution in [2.24, 2.45) is 0 Å². The van der Waals surface area contributed by atoms with Crippen molar-refractivity contribution in [1.29, 1.82) is 0 Å². The maximum absolute atomic E-state index is 13.6. The molecule has 3 N–H and O–H groups in total. The zero-order chi connectivity index (χ0) is 29.7. The Morgan fingerprint density at radius 3 is 2.34 bits per heavy atom. The maximum Gasteiger partial charge on any atom is 0.308 e. The van der Waals surface area contributed by atoms with Crippen molar-refractivity contribution in [2.75, 3.05) is 25.5 Å². The fourth-order valence-corrected chi connectivity index (χ4v) is 4.70. The van der Waals surface area contributed by atoms with Crippen molar-refractivity contribution in [2.45, 2.75) is 39.7 Å². The number of halogens is 1. The molecule has 1 heterocycles. The molecular formula is C32H34FN3O5. The summed E-state index contributed by atoms with van der Waals surface area (Å²) in [6, 6.07) is 16.6. The highest BCUT2D eigenvalue weighted by molar-refractivity contribution is 6.13. The van der Waals surface area contributed by atoms with Gasteiger partial charge in [-0.05, 0) is 75.7 Å². The number of ether oxygens (including phenoxy) is 1. The molecule has 0 radical (unpaired) electrons. The first-order valence-electron chi connectivity index (χ1n) is 13.5. The summed E-state index contributed by atoms with van der Waals surface area (Å²) in [6.45, 7) is 8.12. The second kappa shape index (κ2) is 12.2. The molecule has 0 bridgehead atoms. The quantitative estimate of drug-likeness (QED) is 0.201. The normalized spacial score (nSPS) is 11.3. The molecule has 0 saturated carbocycles. The van der Waals surface area contributed by atoms with E-state index >= 15 is 0 Å². The van der Waals surface area contributed by atoms with E-state index in [0.29, 0.717) is 40.0 Å². The van der Waals surface area contributed by atoms with E-state index in [9.17, 15) is 18.8 Å². The van der Waals surface area contributed by atoms with Gasteiger partial charge < -0.3 is 25.1 Å². The fourth-order valence-electron chi connectivity index (χ4n) is 4.70. The first-order valence-corrected chi connectivity index (χ1v) is 13.5. The SMILES string of the molecule is CCNc1cc2oc(-c3ccc(F)cc3)c(C(=O)NC)c2cc1-c1cccc(C(=O)NC(C)(C)CC(=O)OCC)c1. The number of furan rings is 1. The zero-order valence-corrected chi connectivity index (χ0v) is 23.8. The highest BCUT2D eigenvalue weighted by Crippen LogP contribution is 2.40. The van der Waals surface area contributed by atoms with Crippen LogP contribution in [0, 0.1) is 5.82 Å². The van der Waals surface area contributed by atoms with Gasteiger partial charge in [0.15, 0.2) is 0 Å². The molecule has 214 valence electrons. The van der Waals surface area contributed by atoms with Gasteiger partial charge in [0.05, 0.1) is 18.6 Å². The van der Waals surface area contributed by atoms with Gasteiger partial charge in [0.2, 0.25) is 0 Å². The molecule has 0 unspecified atom stereocenters. The highest BCUT2D eigenvalue weighted by Gasteiger charge is 2.26. The number of nitrogens with one attached hydrogen (secondary N) is 3. The molecule has 0 aliphatic heterocycles. The van der Waals surface area contributed by atoms with E-state index < -0.39 is 11.4 Å². The maximum atomic E-state index is 13.6.